The molecular weight excluding hydrogens is 338 g/mol. The van der Waals surface area contributed by atoms with E-state index < -0.39 is 0 Å². The van der Waals surface area contributed by atoms with Crippen molar-refractivity contribution in [2.24, 2.45) is 5.92 Å². The predicted molar refractivity (Wildman–Crippen MR) is 104 cm³/mol. The van der Waals surface area contributed by atoms with Crippen molar-refractivity contribution in [1.82, 2.24) is 4.90 Å². The Morgan fingerprint density at radius 2 is 1.70 bits per heavy atom. The minimum absolute atomic E-state index is 0.0254. The van der Waals surface area contributed by atoms with Crippen LogP contribution in [0.15, 0.2) is 54.6 Å². The Labute approximate surface area is 159 Å². The standard InChI is InChI=1S/C22H23N3O2/c1-16(22(27)24-20-9-7-17(15-23)8-10-20)25-13-11-19(12-14-25)21(26)18-5-3-2-4-6-18/h2-10,16,19H,11-14H2,1H3,(H,24,27). The van der Waals surface area contributed by atoms with Crippen LogP contribution in [0.2, 0.25) is 0 Å². The third kappa shape index (κ3) is 4.60. The Hall–Kier alpha value is -2.97. The Morgan fingerprint density at radius 3 is 2.30 bits per heavy atom. The third-order valence-electron chi connectivity index (χ3n) is 5.17. The number of nitriles is 1. The molecule has 1 amide bonds. The molecule has 1 saturated heterocycles. The average Bonchev–Trinajstić information content (AvgIpc) is 2.74. The summed E-state index contributed by atoms with van der Waals surface area (Å²) in [6.07, 6.45) is 1.53. The first-order chi connectivity index (χ1) is 13.1. The van der Waals surface area contributed by atoms with Crippen molar-refractivity contribution in [2.45, 2.75) is 25.8 Å². The quantitative estimate of drug-likeness (QED) is 0.828. The van der Waals surface area contributed by atoms with E-state index in [-0.39, 0.29) is 23.7 Å². The molecule has 2 aromatic carbocycles. The van der Waals surface area contributed by atoms with Gasteiger partial charge in [0.1, 0.15) is 0 Å². The summed E-state index contributed by atoms with van der Waals surface area (Å²) in [6, 6.07) is 18.0. The molecule has 5 heteroatoms. The third-order valence-corrected chi connectivity index (χ3v) is 5.17. The topological polar surface area (TPSA) is 73.2 Å². The van der Waals surface area contributed by atoms with Crippen LogP contribution in [0, 0.1) is 17.2 Å². The highest BCUT2D eigenvalue weighted by molar-refractivity contribution is 5.98. The molecule has 0 radical (unpaired) electrons. The van der Waals surface area contributed by atoms with Gasteiger partial charge in [-0.25, -0.2) is 0 Å². The molecule has 0 aromatic heterocycles. The van der Waals surface area contributed by atoms with E-state index in [0.717, 1.165) is 31.5 Å². The van der Waals surface area contributed by atoms with E-state index in [9.17, 15) is 9.59 Å². The fraction of sp³-hybridized carbons (Fsp3) is 0.318. The van der Waals surface area contributed by atoms with Gasteiger partial charge in [-0.3, -0.25) is 14.5 Å². The summed E-state index contributed by atoms with van der Waals surface area (Å²) in [7, 11) is 0. The Balaban J connectivity index is 1.53. The zero-order chi connectivity index (χ0) is 19.2. The first kappa shape index (κ1) is 18.8. The van der Waals surface area contributed by atoms with E-state index >= 15 is 0 Å². The number of likely N-dealkylation sites (tertiary alicyclic amines) is 1. The molecule has 1 aliphatic heterocycles. The molecule has 0 spiro atoms. The molecule has 1 aliphatic rings. The number of hydrogen-bond donors (Lipinski definition) is 1. The van der Waals surface area contributed by atoms with Crippen LogP contribution in [0.3, 0.4) is 0 Å². The van der Waals surface area contributed by atoms with Crippen LogP contribution in [0.4, 0.5) is 5.69 Å². The van der Waals surface area contributed by atoms with Crippen LogP contribution >= 0.6 is 0 Å². The molecule has 138 valence electrons. The van der Waals surface area contributed by atoms with Crippen LogP contribution in [-0.2, 0) is 4.79 Å². The van der Waals surface area contributed by atoms with Gasteiger partial charge in [0.15, 0.2) is 5.78 Å². The van der Waals surface area contributed by atoms with Crippen molar-refractivity contribution < 1.29 is 9.59 Å². The molecule has 0 saturated carbocycles. The van der Waals surface area contributed by atoms with Crippen molar-refractivity contribution >= 4 is 17.4 Å². The lowest BCUT2D eigenvalue weighted by molar-refractivity contribution is -0.121. The first-order valence-electron chi connectivity index (χ1n) is 9.23. The van der Waals surface area contributed by atoms with Gasteiger partial charge in [-0.2, -0.15) is 5.26 Å². The van der Waals surface area contributed by atoms with Crippen LogP contribution in [0.1, 0.15) is 35.7 Å². The van der Waals surface area contributed by atoms with Crippen molar-refractivity contribution in [2.75, 3.05) is 18.4 Å². The zero-order valence-electron chi connectivity index (χ0n) is 15.4. The maximum atomic E-state index is 12.6. The number of carbonyl (C=O) groups is 2. The minimum Gasteiger partial charge on any atom is -0.325 e. The predicted octanol–water partition coefficient (Wildman–Crippen LogP) is 3.48. The van der Waals surface area contributed by atoms with E-state index in [2.05, 4.69) is 16.3 Å². The van der Waals surface area contributed by atoms with Crippen LogP contribution in [0.25, 0.3) is 0 Å². The van der Waals surface area contributed by atoms with Crippen molar-refractivity contribution in [1.29, 1.82) is 5.26 Å². The highest BCUT2D eigenvalue weighted by Crippen LogP contribution is 2.23. The number of hydrogen-bond acceptors (Lipinski definition) is 4. The molecule has 5 nitrogen and oxygen atoms in total. The molecule has 1 unspecified atom stereocenters. The van der Waals surface area contributed by atoms with E-state index in [1.165, 1.54) is 0 Å². The molecule has 2 aromatic rings. The SMILES string of the molecule is CC(C(=O)Nc1ccc(C#N)cc1)N1CCC(C(=O)c2ccccc2)CC1. The number of piperidine rings is 1. The van der Waals surface area contributed by atoms with E-state index in [1.807, 2.05) is 37.3 Å². The minimum atomic E-state index is -0.270. The van der Waals surface area contributed by atoms with Crippen LogP contribution in [0.5, 0.6) is 0 Å². The monoisotopic (exact) mass is 361 g/mol. The summed E-state index contributed by atoms with van der Waals surface area (Å²) in [5.41, 5.74) is 2.01. The number of rotatable bonds is 5. The first-order valence-corrected chi connectivity index (χ1v) is 9.23. The number of amides is 1. The highest BCUT2D eigenvalue weighted by atomic mass is 16.2. The molecular formula is C22H23N3O2. The molecule has 1 N–H and O–H groups in total. The summed E-state index contributed by atoms with van der Waals surface area (Å²) in [5.74, 6) is 0.148. The molecule has 3 rings (SSSR count). The summed E-state index contributed by atoms with van der Waals surface area (Å²) < 4.78 is 0. The van der Waals surface area contributed by atoms with Gasteiger partial charge in [0.05, 0.1) is 17.7 Å². The summed E-state index contributed by atoms with van der Waals surface area (Å²) >= 11 is 0. The van der Waals surface area contributed by atoms with E-state index in [0.29, 0.717) is 11.3 Å². The number of nitrogens with one attached hydrogen (secondary N) is 1. The van der Waals surface area contributed by atoms with Gasteiger partial charge < -0.3 is 5.32 Å². The normalized spacial score (nSPS) is 16.3. The summed E-state index contributed by atoms with van der Waals surface area (Å²) in [5, 5.41) is 11.7. The number of anilines is 1. The second-order valence-corrected chi connectivity index (χ2v) is 6.89. The lowest BCUT2D eigenvalue weighted by Gasteiger charge is -2.34. The second-order valence-electron chi connectivity index (χ2n) is 6.89. The van der Waals surface area contributed by atoms with Crippen molar-refractivity contribution in [3.8, 4) is 6.07 Å². The lowest BCUT2D eigenvalue weighted by atomic mass is 9.88. The number of nitrogens with zero attached hydrogens (tertiary/aromatic N) is 2. The zero-order valence-corrected chi connectivity index (χ0v) is 15.4. The van der Waals surface area contributed by atoms with Gasteiger partial charge in [0, 0.05) is 17.2 Å². The van der Waals surface area contributed by atoms with E-state index in [4.69, 9.17) is 5.26 Å². The summed E-state index contributed by atoms with van der Waals surface area (Å²) in [4.78, 5) is 27.2. The molecule has 0 aliphatic carbocycles. The molecule has 0 bridgehead atoms. The molecule has 1 fully saturated rings. The maximum Gasteiger partial charge on any atom is 0.241 e. The van der Waals surface area contributed by atoms with Gasteiger partial charge in [0.25, 0.3) is 0 Å². The van der Waals surface area contributed by atoms with Crippen molar-refractivity contribution in [3.63, 3.8) is 0 Å². The van der Waals surface area contributed by atoms with Gasteiger partial charge >= 0.3 is 0 Å². The highest BCUT2D eigenvalue weighted by Gasteiger charge is 2.30. The largest absolute Gasteiger partial charge is 0.325 e. The molecule has 1 heterocycles. The number of ketones is 1. The van der Waals surface area contributed by atoms with Gasteiger partial charge in [0.2, 0.25) is 5.91 Å². The Bertz CT molecular complexity index is 832. The maximum absolute atomic E-state index is 12.6. The number of carbonyl (C=O) groups excluding carboxylic acids is 2. The molecule has 1 atom stereocenters. The van der Waals surface area contributed by atoms with Gasteiger partial charge in [-0.05, 0) is 57.1 Å². The fourth-order valence-electron chi connectivity index (χ4n) is 3.43. The average molecular weight is 361 g/mol. The Kier molecular flexibility index (Phi) is 6.00. The number of benzene rings is 2. The van der Waals surface area contributed by atoms with Crippen molar-refractivity contribution in [3.05, 3.63) is 65.7 Å². The number of Topliss-reactive ketones (excluding diaryl/α,β-unsaturated/α-hetero) is 1. The van der Waals surface area contributed by atoms with Crippen LogP contribution in [-0.4, -0.2) is 35.7 Å². The van der Waals surface area contributed by atoms with Crippen LogP contribution < -0.4 is 5.32 Å². The van der Waals surface area contributed by atoms with Gasteiger partial charge in [-0.1, -0.05) is 30.3 Å². The Morgan fingerprint density at radius 1 is 1.07 bits per heavy atom. The lowest BCUT2D eigenvalue weighted by Crippen LogP contribution is -2.47. The molecule has 27 heavy (non-hydrogen) atoms. The summed E-state index contributed by atoms with van der Waals surface area (Å²) in [6.45, 7) is 3.34. The second kappa shape index (κ2) is 8.61. The van der Waals surface area contributed by atoms with E-state index in [1.54, 1.807) is 24.3 Å². The fourth-order valence-corrected chi connectivity index (χ4v) is 3.43. The van der Waals surface area contributed by atoms with Gasteiger partial charge in [-0.15, -0.1) is 0 Å². The smallest absolute Gasteiger partial charge is 0.241 e.